The lowest BCUT2D eigenvalue weighted by Crippen LogP contribution is -2.32. The van der Waals surface area contributed by atoms with E-state index < -0.39 is 11.8 Å². The lowest BCUT2D eigenvalue weighted by Gasteiger charge is -2.19. The minimum atomic E-state index is -0.495. The van der Waals surface area contributed by atoms with E-state index in [1.165, 1.54) is 14.2 Å². The maximum absolute atomic E-state index is 13.7. The number of nitrogens with one attached hydrogen (secondary N) is 1. The van der Waals surface area contributed by atoms with E-state index in [9.17, 15) is 9.59 Å². The second kappa shape index (κ2) is 9.08. The quantitative estimate of drug-likeness (QED) is 0.544. The number of anilines is 2. The van der Waals surface area contributed by atoms with Gasteiger partial charge in [0.1, 0.15) is 22.9 Å². The highest BCUT2D eigenvalue weighted by atomic mass is 16.5. The third-order valence-corrected chi connectivity index (χ3v) is 5.39. The van der Waals surface area contributed by atoms with Crippen LogP contribution in [0.4, 0.5) is 11.4 Å². The Morgan fingerprint density at radius 1 is 0.758 bits per heavy atom. The topological polar surface area (TPSA) is 77.1 Å². The molecule has 3 aromatic carbocycles. The van der Waals surface area contributed by atoms with Crippen LogP contribution in [0.15, 0.2) is 72.4 Å². The van der Waals surface area contributed by atoms with E-state index in [-0.39, 0.29) is 11.3 Å². The lowest BCUT2D eigenvalue weighted by atomic mass is 10.0. The van der Waals surface area contributed by atoms with Gasteiger partial charge in [-0.15, -0.1) is 0 Å². The second-order valence-electron chi connectivity index (χ2n) is 7.43. The summed E-state index contributed by atoms with van der Waals surface area (Å²) in [6.07, 6.45) is 0. The van der Waals surface area contributed by atoms with Gasteiger partial charge in [-0.25, -0.2) is 4.90 Å². The van der Waals surface area contributed by atoms with E-state index in [1.807, 2.05) is 43.3 Å². The number of ether oxygens (including phenoxy) is 3. The molecule has 0 saturated heterocycles. The first-order valence-corrected chi connectivity index (χ1v) is 10.3. The van der Waals surface area contributed by atoms with Crippen LogP contribution in [-0.4, -0.2) is 33.1 Å². The number of amides is 2. The SMILES string of the molecule is COc1ccc(N2C(=O)C(Nc3cc(C)ccc3OC)=C(c3ccccc3)C2=O)c(OC)c1. The standard InChI is InChI=1S/C26H24N2O5/c1-16-10-13-21(32-3)19(14-16)27-24-23(17-8-6-5-7-9-17)25(29)28(26(24)30)20-12-11-18(31-2)15-22(20)33-4/h5-15,27H,1-4H3. The van der Waals surface area contributed by atoms with E-state index in [4.69, 9.17) is 14.2 Å². The molecule has 168 valence electrons. The predicted molar refractivity (Wildman–Crippen MR) is 127 cm³/mol. The Morgan fingerprint density at radius 2 is 1.48 bits per heavy atom. The minimum absolute atomic E-state index is 0.160. The van der Waals surface area contributed by atoms with Crippen LogP contribution in [0, 0.1) is 6.92 Å². The average molecular weight is 444 g/mol. The summed E-state index contributed by atoms with van der Waals surface area (Å²) in [5, 5.41) is 3.17. The number of nitrogens with zero attached hydrogens (tertiary/aromatic N) is 1. The number of carbonyl (C=O) groups is 2. The molecule has 7 nitrogen and oxygen atoms in total. The zero-order valence-electron chi connectivity index (χ0n) is 18.8. The van der Waals surface area contributed by atoms with E-state index in [0.717, 1.165) is 10.5 Å². The van der Waals surface area contributed by atoms with Crippen molar-refractivity contribution in [2.45, 2.75) is 6.92 Å². The highest BCUT2D eigenvalue weighted by molar-refractivity contribution is 6.46. The normalized spacial score (nSPS) is 13.4. The molecule has 4 rings (SSSR count). The molecule has 2 amide bonds. The monoisotopic (exact) mass is 444 g/mol. The van der Waals surface area contributed by atoms with Crippen LogP contribution in [0.25, 0.3) is 5.57 Å². The summed E-state index contributed by atoms with van der Waals surface area (Å²) in [6.45, 7) is 1.94. The molecule has 3 aromatic rings. The van der Waals surface area contributed by atoms with Crippen LogP contribution < -0.4 is 24.4 Å². The number of imide groups is 1. The van der Waals surface area contributed by atoms with Gasteiger partial charge in [0.25, 0.3) is 11.8 Å². The first-order valence-electron chi connectivity index (χ1n) is 10.3. The Labute approximate surface area is 192 Å². The molecular weight excluding hydrogens is 420 g/mol. The van der Waals surface area contributed by atoms with Crippen LogP contribution >= 0.6 is 0 Å². The second-order valence-corrected chi connectivity index (χ2v) is 7.43. The summed E-state index contributed by atoms with van der Waals surface area (Å²) in [5.74, 6) is 0.502. The number of carbonyl (C=O) groups excluding carboxylic acids is 2. The first-order chi connectivity index (χ1) is 16.0. The van der Waals surface area contributed by atoms with Gasteiger partial charge >= 0.3 is 0 Å². The van der Waals surface area contributed by atoms with Gasteiger partial charge in [0.05, 0.1) is 38.3 Å². The fourth-order valence-electron chi connectivity index (χ4n) is 3.76. The number of methoxy groups -OCH3 is 3. The van der Waals surface area contributed by atoms with Gasteiger partial charge in [-0.05, 0) is 42.3 Å². The van der Waals surface area contributed by atoms with Crippen molar-refractivity contribution in [1.29, 1.82) is 0 Å². The van der Waals surface area contributed by atoms with Crippen LogP contribution in [0.1, 0.15) is 11.1 Å². The van der Waals surface area contributed by atoms with Crippen molar-refractivity contribution >= 4 is 28.8 Å². The average Bonchev–Trinajstić information content (AvgIpc) is 3.08. The molecule has 1 aliphatic rings. The maximum Gasteiger partial charge on any atom is 0.282 e. The largest absolute Gasteiger partial charge is 0.497 e. The Kier molecular flexibility index (Phi) is 6.04. The molecule has 0 radical (unpaired) electrons. The molecule has 0 spiro atoms. The smallest absolute Gasteiger partial charge is 0.282 e. The summed E-state index contributed by atoms with van der Waals surface area (Å²) in [5.41, 5.74) is 2.95. The van der Waals surface area contributed by atoms with Crippen molar-refractivity contribution in [2.24, 2.45) is 0 Å². The van der Waals surface area contributed by atoms with Crippen molar-refractivity contribution in [3.8, 4) is 17.2 Å². The third-order valence-electron chi connectivity index (χ3n) is 5.39. The number of rotatable bonds is 7. The van der Waals surface area contributed by atoms with Gasteiger partial charge in [-0.2, -0.15) is 0 Å². The zero-order chi connectivity index (χ0) is 23.5. The van der Waals surface area contributed by atoms with E-state index >= 15 is 0 Å². The first kappa shape index (κ1) is 22.0. The third kappa shape index (κ3) is 4.01. The van der Waals surface area contributed by atoms with Gasteiger partial charge in [0, 0.05) is 6.07 Å². The van der Waals surface area contributed by atoms with Crippen molar-refractivity contribution in [3.63, 3.8) is 0 Å². The summed E-state index contributed by atoms with van der Waals surface area (Å²) < 4.78 is 16.2. The molecule has 0 atom stereocenters. The van der Waals surface area contributed by atoms with E-state index in [1.54, 1.807) is 37.4 Å². The van der Waals surface area contributed by atoms with Crippen LogP contribution in [0.2, 0.25) is 0 Å². The molecule has 1 aliphatic heterocycles. The molecule has 0 aromatic heterocycles. The van der Waals surface area contributed by atoms with Crippen molar-refractivity contribution in [1.82, 2.24) is 0 Å². The van der Waals surface area contributed by atoms with Crippen molar-refractivity contribution < 1.29 is 23.8 Å². The molecule has 7 heteroatoms. The Bertz CT molecular complexity index is 1250. The Morgan fingerprint density at radius 3 is 2.15 bits per heavy atom. The predicted octanol–water partition coefficient (Wildman–Crippen LogP) is 4.42. The summed E-state index contributed by atoms with van der Waals surface area (Å²) in [4.78, 5) is 28.4. The summed E-state index contributed by atoms with van der Waals surface area (Å²) >= 11 is 0. The maximum atomic E-state index is 13.7. The number of benzene rings is 3. The fraction of sp³-hybridized carbons (Fsp3) is 0.154. The summed E-state index contributed by atoms with van der Waals surface area (Å²) in [6, 6.07) is 19.6. The molecule has 0 bridgehead atoms. The lowest BCUT2D eigenvalue weighted by molar-refractivity contribution is -0.120. The van der Waals surface area contributed by atoms with Crippen LogP contribution in [0.5, 0.6) is 17.2 Å². The van der Waals surface area contributed by atoms with Gasteiger partial charge in [-0.1, -0.05) is 36.4 Å². The number of aryl methyl sites for hydroxylation is 1. The molecule has 0 aliphatic carbocycles. The van der Waals surface area contributed by atoms with Crippen LogP contribution in [0.3, 0.4) is 0 Å². The Hall–Kier alpha value is -4.26. The minimum Gasteiger partial charge on any atom is -0.497 e. The van der Waals surface area contributed by atoms with Gasteiger partial charge < -0.3 is 19.5 Å². The molecular formula is C26H24N2O5. The molecule has 33 heavy (non-hydrogen) atoms. The molecule has 1 N–H and O–H groups in total. The number of hydrogen-bond donors (Lipinski definition) is 1. The fourth-order valence-corrected chi connectivity index (χ4v) is 3.76. The summed E-state index contributed by atoms with van der Waals surface area (Å²) in [7, 11) is 4.57. The van der Waals surface area contributed by atoms with Crippen LogP contribution in [-0.2, 0) is 9.59 Å². The van der Waals surface area contributed by atoms with Gasteiger partial charge in [0.15, 0.2) is 0 Å². The molecule has 0 saturated carbocycles. The zero-order valence-corrected chi connectivity index (χ0v) is 18.8. The molecule has 0 fully saturated rings. The van der Waals surface area contributed by atoms with E-state index in [0.29, 0.717) is 34.2 Å². The van der Waals surface area contributed by atoms with Crippen molar-refractivity contribution in [2.75, 3.05) is 31.5 Å². The Balaban J connectivity index is 1.86. The molecule has 0 unspecified atom stereocenters. The highest BCUT2D eigenvalue weighted by Crippen LogP contribution is 2.40. The van der Waals surface area contributed by atoms with Gasteiger partial charge in [-0.3, -0.25) is 9.59 Å². The highest BCUT2D eigenvalue weighted by Gasteiger charge is 2.41. The van der Waals surface area contributed by atoms with Crippen molar-refractivity contribution in [3.05, 3.63) is 83.6 Å². The van der Waals surface area contributed by atoms with Gasteiger partial charge in [0.2, 0.25) is 0 Å². The van der Waals surface area contributed by atoms with E-state index in [2.05, 4.69) is 5.32 Å². The molecule has 1 heterocycles. The number of hydrogen-bond acceptors (Lipinski definition) is 6.